The zero-order chi connectivity index (χ0) is 7.11. The highest BCUT2D eigenvalue weighted by Crippen LogP contribution is 1.96. The third-order valence-corrected chi connectivity index (χ3v) is 1.08. The van der Waals surface area contributed by atoms with E-state index in [2.05, 4.69) is 19.6 Å². The van der Waals surface area contributed by atoms with E-state index in [1.54, 1.807) is 0 Å². The molecule has 0 unspecified atom stereocenters. The van der Waals surface area contributed by atoms with Gasteiger partial charge in [-0.05, 0) is 6.42 Å². The highest BCUT2D eigenvalue weighted by atomic mass is 14.6. The molecular weight excluding hydrogens is 110 g/mol. The topological polar surface area (TPSA) is 26.0 Å². The molecule has 1 heteroatoms. The largest absolute Gasteiger partial charge is 0.402 e. The predicted octanol–water partition coefficient (Wildman–Crippen LogP) is 2.21. The lowest BCUT2D eigenvalue weighted by Crippen LogP contribution is -1.94. The van der Waals surface area contributed by atoms with Gasteiger partial charge in [0.15, 0.2) is 0 Å². The Hall–Kier alpha value is -0.720. The normalized spacial score (nSPS) is 11.4. The van der Waals surface area contributed by atoms with E-state index in [0.29, 0.717) is 0 Å². The average molecular weight is 125 g/mol. The number of unbranched alkanes of at least 4 members (excludes halogenated alkanes) is 1. The molecule has 0 saturated heterocycles. The van der Waals surface area contributed by atoms with Gasteiger partial charge in [0.1, 0.15) is 0 Å². The molecule has 1 nitrogen and oxygen atoms in total. The van der Waals surface area contributed by atoms with Crippen LogP contribution in [-0.2, 0) is 0 Å². The number of nitrogens with two attached hydrogens (primary N) is 1. The van der Waals surface area contributed by atoms with Crippen LogP contribution in [0.25, 0.3) is 0 Å². The molecule has 0 fully saturated rings. The fraction of sp³-hybridized carbons (Fsp3) is 0.500. The van der Waals surface area contributed by atoms with E-state index in [0.717, 1.165) is 25.0 Å². The van der Waals surface area contributed by atoms with Crippen LogP contribution >= 0.6 is 0 Å². The van der Waals surface area contributed by atoms with Crippen LogP contribution in [0.1, 0.15) is 26.2 Å². The molecule has 0 aromatic rings. The van der Waals surface area contributed by atoms with Crippen molar-refractivity contribution in [2.45, 2.75) is 26.2 Å². The van der Waals surface area contributed by atoms with Gasteiger partial charge in [-0.3, -0.25) is 0 Å². The zero-order valence-electron chi connectivity index (χ0n) is 6.06. The van der Waals surface area contributed by atoms with Crippen molar-refractivity contribution in [3.05, 3.63) is 24.4 Å². The van der Waals surface area contributed by atoms with E-state index in [1.165, 1.54) is 0 Å². The maximum absolute atomic E-state index is 5.56. The minimum Gasteiger partial charge on any atom is -0.402 e. The van der Waals surface area contributed by atoms with E-state index in [9.17, 15) is 0 Å². The summed E-state index contributed by atoms with van der Waals surface area (Å²) in [5.74, 6) is 0. The van der Waals surface area contributed by atoms with E-state index in [1.807, 2.05) is 6.08 Å². The molecule has 0 amide bonds. The predicted molar refractivity (Wildman–Crippen MR) is 42.0 cm³/mol. The molecule has 0 aromatic heterocycles. The van der Waals surface area contributed by atoms with Gasteiger partial charge in [-0.15, -0.1) is 6.58 Å². The van der Waals surface area contributed by atoms with Crippen LogP contribution in [0.4, 0.5) is 0 Å². The minimum absolute atomic E-state index is 0.819. The summed E-state index contributed by atoms with van der Waals surface area (Å²) in [6.07, 6.45) is 6.95. The van der Waals surface area contributed by atoms with Crippen LogP contribution in [0.5, 0.6) is 0 Å². The summed E-state index contributed by atoms with van der Waals surface area (Å²) < 4.78 is 0. The maximum Gasteiger partial charge on any atom is 0.00781 e. The van der Waals surface area contributed by atoms with Gasteiger partial charge in [0.2, 0.25) is 0 Å². The maximum atomic E-state index is 5.56. The molecule has 0 atom stereocenters. The van der Waals surface area contributed by atoms with Crippen LogP contribution in [-0.4, -0.2) is 0 Å². The van der Waals surface area contributed by atoms with Crippen LogP contribution in [0.15, 0.2) is 24.4 Å². The van der Waals surface area contributed by atoms with E-state index >= 15 is 0 Å². The van der Waals surface area contributed by atoms with Crippen molar-refractivity contribution in [2.75, 3.05) is 0 Å². The third kappa shape index (κ3) is 5.15. The van der Waals surface area contributed by atoms with Gasteiger partial charge in [0.05, 0.1) is 0 Å². The molecule has 9 heavy (non-hydrogen) atoms. The first-order chi connectivity index (χ1) is 4.31. The highest BCUT2D eigenvalue weighted by Gasteiger charge is 1.82. The summed E-state index contributed by atoms with van der Waals surface area (Å²) in [6, 6.07) is 0. The van der Waals surface area contributed by atoms with Crippen LogP contribution in [0, 0.1) is 0 Å². The molecule has 0 aliphatic rings. The van der Waals surface area contributed by atoms with Gasteiger partial charge in [0, 0.05) is 12.1 Å². The van der Waals surface area contributed by atoms with Gasteiger partial charge < -0.3 is 5.73 Å². The van der Waals surface area contributed by atoms with Crippen LogP contribution < -0.4 is 5.73 Å². The number of rotatable bonds is 4. The fourth-order valence-electron chi connectivity index (χ4n) is 0.580. The lowest BCUT2D eigenvalue weighted by Gasteiger charge is -1.93. The Morgan fingerprint density at radius 2 is 2.33 bits per heavy atom. The van der Waals surface area contributed by atoms with Crippen molar-refractivity contribution in [2.24, 2.45) is 5.73 Å². The molecule has 0 spiro atoms. The van der Waals surface area contributed by atoms with Crippen molar-refractivity contribution in [3.8, 4) is 0 Å². The Morgan fingerprint density at radius 3 is 2.78 bits per heavy atom. The zero-order valence-corrected chi connectivity index (χ0v) is 6.06. The summed E-state index contributed by atoms with van der Waals surface area (Å²) in [7, 11) is 0. The van der Waals surface area contributed by atoms with E-state index in [-0.39, 0.29) is 0 Å². The van der Waals surface area contributed by atoms with Gasteiger partial charge in [-0.25, -0.2) is 0 Å². The SMILES string of the molecule is C=CCC(N)=CCCC. The Bertz CT molecular complexity index is 103. The van der Waals surface area contributed by atoms with Crippen molar-refractivity contribution in [1.29, 1.82) is 0 Å². The summed E-state index contributed by atoms with van der Waals surface area (Å²) in [5, 5.41) is 0. The van der Waals surface area contributed by atoms with Gasteiger partial charge in [-0.2, -0.15) is 0 Å². The monoisotopic (exact) mass is 125 g/mol. The van der Waals surface area contributed by atoms with Crippen LogP contribution in [0.2, 0.25) is 0 Å². The summed E-state index contributed by atoms with van der Waals surface area (Å²) in [5.41, 5.74) is 6.50. The van der Waals surface area contributed by atoms with Crippen molar-refractivity contribution < 1.29 is 0 Å². The molecule has 0 rings (SSSR count). The first-order valence-electron chi connectivity index (χ1n) is 3.36. The molecule has 0 heterocycles. The molecule has 0 saturated carbocycles. The molecule has 0 bridgehead atoms. The second-order valence-corrected chi connectivity index (χ2v) is 2.06. The first-order valence-corrected chi connectivity index (χ1v) is 3.36. The Labute approximate surface area is 57.3 Å². The van der Waals surface area contributed by atoms with Gasteiger partial charge in [-0.1, -0.05) is 25.5 Å². The van der Waals surface area contributed by atoms with Crippen LogP contribution in [0.3, 0.4) is 0 Å². The van der Waals surface area contributed by atoms with Gasteiger partial charge in [0.25, 0.3) is 0 Å². The molecule has 2 N–H and O–H groups in total. The molecule has 0 radical (unpaired) electrons. The Morgan fingerprint density at radius 1 is 1.67 bits per heavy atom. The highest BCUT2D eigenvalue weighted by molar-refractivity contribution is 5.00. The second kappa shape index (κ2) is 5.42. The molecule has 52 valence electrons. The van der Waals surface area contributed by atoms with E-state index < -0.39 is 0 Å². The van der Waals surface area contributed by atoms with Crippen molar-refractivity contribution >= 4 is 0 Å². The van der Waals surface area contributed by atoms with Crippen molar-refractivity contribution in [3.63, 3.8) is 0 Å². The minimum atomic E-state index is 0.819. The smallest absolute Gasteiger partial charge is 0.00781 e. The van der Waals surface area contributed by atoms with Crippen molar-refractivity contribution in [1.82, 2.24) is 0 Å². The number of hydrogen-bond donors (Lipinski definition) is 1. The molecular formula is C8H15N. The molecule has 0 aliphatic heterocycles. The third-order valence-electron chi connectivity index (χ3n) is 1.08. The number of allylic oxidation sites excluding steroid dienone is 2. The summed E-state index contributed by atoms with van der Waals surface area (Å²) >= 11 is 0. The number of hydrogen-bond acceptors (Lipinski definition) is 1. The Kier molecular flexibility index (Phi) is 4.98. The summed E-state index contributed by atoms with van der Waals surface area (Å²) in [4.78, 5) is 0. The summed E-state index contributed by atoms with van der Waals surface area (Å²) in [6.45, 7) is 5.72. The second-order valence-electron chi connectivity index (χ2n) is 2.06. The van der Waals surface area contributed by atoms with E-state index in [4.69, 9.17) is 5.73 Å². The fourth-order valence-corrected chi connectivity index (χ4v) is 0.580. The Balaban J connectivity index is 3.42. The molecule has 0 aromatic carbocycles. The quantitative estimate of drug-likeness (QED) is 0.573. The van der Waals surface area contributed by atoms with Gasteiger partial charge >= 0.3 is 0 Å². The first kappa shape index (κ1) is 8.28. The molecule has 0 aliphatic carbocycles. The average Bonchev–Trinajstić information content (AvgIpc) is 1.85. The lowest BCUT2D eigenvalue weighted by atomic mass is 10.2. The standard InChI is InChI=1S/C8H15N/c1-3-5-7-8(9)6-4-2/h4,7H,2-3,5-6,9H2,1H3. The lowest BCUT2D eigenvalue weighted by molar-refractivity contribution is 0.938.